The van der Waals surface area contributed by atoms with Crippen LogP contribution in [0.1, 0.15) is 16.8 Å². The van der Waals surface area contributed by atoms with E-state index >= 15 is 0 Å². The van der Waals surface area contributed by atoms with Crippen molar-refractivity contribution in [1.29, 1.82) is 0 Å². The minimum atomic E-state index is -0.0640. The van der Waals surface area contributed by atoms with Crippen LogP contribution in [0.15, 0.2) is 47.5 Å². The standard InChI is InChI=1S/C20H19ClN4O2/c1-27-17-4-2-3-14(18(17)21)11-25-10-7-15-16(12-25)23-19(24-20(15)26)13-5-8-22-9-6-13/h2-6,8-9H,7,10-12H2,1H3,(H,23,24,26). The van der Waals surface area contributed by atoms with Crippen molar-refractivity contribution in [3.05, 3.63) is 74.9 Å². The van der Waals surface area contributed by atoms with Gasteiger partial charge in [-0.25, -0.2) is 4.98 Å². The molecule has 27 heavy (non-hydrogen) atoms. The molecular formula is C20H19ClN4O2. The molecule has 1 aliphatic heterocycles. The number of nitrogens with zero attached hydrogens (tertiary/aromatic N) is 3. The van der Waals surface area contributed by atoms with E-state index in [2.05, 4.69) is 14.9 Å². The van der Waals surface area contributed by atoms with Crippen molar-refractivity contribution >= 4 is 11.6 Å². The van der Waals surface area contributed by atoms with Gasteiger partial charge in [0.1, 0.15) is 11.6 Å². The van der Waals surface area contributed by atoms with E-state index in [4.69, 9.17) is 21.3 Å². The number of H-pyrrole nitrogens is 1. The van der Waals surface area contributed by atoms with Crippen LogP contribution >= 0.6 is 11.6 Å². The highest BCUT2D eigenvalue weighted by Gasteiger charge is 2.22. The minimum Gasteiger partial charge on any atom is -0.495 e. The fourth-order valence-electron chi connectivity index (χ4n) is 3.35. The molecule has 7 heteroatoms. The van der Waals surface area contributed by atoms with Crippen molar-refractivity contribution in [2.45, 2.75) is 19.5 Å². The average Bonchev–Trinajstić information content (AvgIpc) is 2.70. The maximum Gasteiger partial charge on any atom is 0.254 e. The number of methoxy groups -OCH3 is 1. The van der Waals surface area contributed by atoms with Crippen LogP contribution in [0.3, 0.4) is 0 Å². The van der Waals surface area contributed by atoms with E-state index in [-0.39, 0.29) is 5.56 Å². The van der Waals surface area contributed by atoms with Gasteiger partial charge in [-0.05, 0) is 30.2 Å². The molecule has 1 aromatic carbocycles. The van der Waals surface area contributed by atoms with Crippen LogP contribution in [0.2, 0.25) is 5.02 Å². The summed E-state index contributed by atoms with van der Waals surface area (Å²) in [4.78, 5) is 26.3. The predicted molar refractivity (Wildman–Crippen MR) is 104 cm³/mol. The van der Waals surface area contributed by atoms with Gasteiger partial charge >= 0.3 is 0 Å². The molecule has 0 bridgehead atoms. The van der Waals surface area contributed by atoms with E-state index in [1.165, 1.54) is 0 Å². The summed E-state index contributed by atoms with van der Waals surface area (Å²) in [6.45, 7) is 2.05. The Hall–Kier alpha value is -2.70. The third-order valence-electron chi connectivity index (χ3n) is 4.76. The number of nitrogens with one attached hydrogen (secondary N) is 1. The van der Waals surface area contributed by atoms with E-state index in [0.717, 1.165) is 28.9 Å². The van der Waals surface area contributed by atoms with Crippen molar-refractivity contribution in [3.63, 3.8) is 0 Å². The second kappa shape index (κ2) is 7.50. The van der Waals surface area contributed by atoms with Crippen LogP contribution < -0.4 is 10.3 Å². The predicted octanol–water partition coefficient (Wildman–Crippen LogP) is 3.05. The maximum absolute atomic E-state index is 12.5. The summed E-state index contributed by atoms with van der Waals surface area (Å²) in [6.07, 6.45) is 4.04. The Balaban J connectivity index is 1.61. The van der Waals surface area contributed by atoms with E-state index in [9.17, 15) is 4.79 Å². The van der Waals surface area contributed by atoms with Gasteiger partial charge in [-0.1, -0.05) is 23.7 Å². The van der Waals surface area contributed by atoms with E-state index in [1.54, 1.807) is 19.5 Å². The number of hydrogen-bond donors (Lipinski definition) is 1. The zero-order valence-electron chi connectivity index (χ0n) is 14.9. The van der Waals surface area contributed by atoms with Crippen LogP contribution in [0.4, 0.5) is 0 Å². The molecule has 0 fully saturated rings. The number of fused-ring (bicyclic) bond motifs is 1. The van der Waals surface area contributed by atoms with Gasteiger partial charge in [0, 0.05) is 43.2 Å². The fraction of sp³-hybridized carbons (Fsp3) is 0.250. The maximum atomic E-state index is 12.5. The summed E-state index contributed by atoms with van der Waals surface area (Å²) in [6, 6.07) is 9.44. The SMILES string of the molecule is COc1cccc(CN2CCc3c(nc(-c4ccncc4)[nH]c3=O)C2)c1Cl. The highest BCUT2D eigenvalue weighted by Crippen LogP contribution is 2.29. The Morgan fingerprint density at radius 1 is 1.26 bits per heavy atom. The summed E-state index contributed by atoms with van der Waals surface area (Å²) in [5.74, 6) is 1.24. The van der Waals surface area contributed by atoms with Crippen molar-refractivity contribution in [1.82, 2.24) is 19.9 Å². The highest BCUT2D eigenvalue weighted by atomic mass is 35.5. The monoisotopic (exact) mass is 382 g/mol. The van der Waals surface area contributed by atoms with Gasteiger partial charge in [-0.15, -0.1) is 0 Å². The molecule has 0 amide bonds. The molecule has 0 radical (unpaired) electrons. The molecular weight excluding hydrogens is 364 g/mol. The number of benzene rings is 1. The first-order chi connectivity index (χ1) is 13.2. The Kier molecular flexibility index (Phi) is 4.92. The Morgan fingerprint density at radius 2 is 2.07 bits per heavy atom. The van der Waals surface area contributed by atoms with Gasteiger partial charge in [-0.2, -0.15) is 0 Å². The number of rotatable bonds is 4. The van der Waals surface area contributed by atoms with Gasteiger partial charge in [-0.3, -0.25) is 14.7 Å². The van der Waals surface area contributed by atoms with Crippen LogP contribution in [0.25, 0.3) is 11.4 Å². The number of aromatic amines is 1. The molecule has 3 heterocycles. The van der Waals surface area contributed by atoms with Crippen molar-refractivity contribution in [2.24, 2.45) is 0 Å². The number of aromatic nitrogens is 3. The minimum absolute atomic E-state index is 0.0640. The third-order valence-corrected chi connectivity index (χ3v) is 5.19. The summed E-state index contributed by atoms with van der Waals surface area (Å²) in [5, 5.41) is 0.627. The molecule has 6 nitrogen and oxygen atoms in total. The van der Waals surface area contributed by atoms with Crippen LogP contribution in [-0.4, -0.2) is 33.5 Å². The zero-order chi connectivity index (χ0) is 18.8. The Morgan fingerprint density at radius 3 is 2.85 bits per heavy atom. The molecule has 3 aromatic rings. The molecule has 0 aliphatic carbocycles. The molecule has 0 unspecified atom stereocenters. The number of hydrogen-bond acceptors (Lipinski definition) is 5. The number of ether oxygens (including phenoxy) is 1. The topological polar surface area (TPSA) is 71.1 Å². The molecule has 0 saturated carbocycles. The van der Waals surface area contributed by atoms with Gasteiger partial charge in [0.05, 0.1) is 17.8 Å². The summed E-state index contributed by atoms with van der Waals surface area (Å²) in [5.41, 5.74) is 3.36. The van der Waals surface area contributed by atoms with E-state index in [0.29, 0.717) is 36.1 Å². The molecule has 2 aromatic heterocycles. The summed E-state index contributed by atoms with van der Waals surface area (Å²) >= 11 is 6.43. The molecule has 1 aliphatic rings. The quantitative estimate of drug-likeness (QED) is 0.750. The van der Waals surface area contributed by atoms with Gasteiger partial charge in [0.15, 0.2) is 0 Å². The first kappa shape index (κ1) is 17.7. The smallest absolute Gasteiger partial charge is 0.254 e. The van der Waals surface area contributed by atoms with Gasteiger partial charge < -0.3 is 9.72 Å². The first-order valence-corrected chi connectivity index (χ1v) is 9.09. The highest BCUT2D eigenvalue weighted by molar-refractivity contribution is 6.32. The van der Waals surface area contributed by atoms with Gasteiger partial charge in [0.25, 0.3) is 5.56 Å². The molecule has 0 spiro atoms. The molecule has 0 atom stereocenters. The summed E-state index contributed by atoms with van der Waals surface area (Å²) < 4.78 is 5.30. The number of halogens is 1. The number of pyridine rings is 1. The third kappa shape index (κ3) is 3.59. The molecule has 0 saturated heterocycles. The van der Waals surface area contributed by atoms with Crippen LogP contribution in [0, 0.1) is 0 Å². The lowest BCUT2D eigenvalue weighted by Crippen LogP contribution is -2.35. The van der Waals surface area contributed by atoms with Crippen molar-refractivity contribution in [3.8, 4) is 17.1 Å². The van der Waals surface area contributed by atoms with E-state index in [1.807, 2.05) is 30.3 Å². The van der Waals surface area contributed by atoms with Crippen molar-refractivity contribution in [2.75, 3.05) is 13.7 Å². The van der Waals surface area contributed by atoms with Gasteiger partial charge in [0.2, 0.25) is 0 Å². The lowest BCUT2D eigenvalue weighted by atomic mass is 10.0. The van der Waals surface area contributed by atoms with E-state index < -0.39 is 0 Å². The Labute approximate surface area is 161 Å². The lowest BCUT2D eigenvalue weighted by molar-refractivity contribution is 0.240. The zero-order valence-corrected chi connectivity index (χ0v) is 15.7. The molecule has 1 N–H and O–H groups in total. The van der Waals surface area contributed by atoms with Crippen molar-refractivity contribution < 1.29 is 4.74 Å². The first-order valence-electron chi connectivity index (χ1n) is 8.72. The second-order valence-corrected chi connectivity index (χ2v) is 6.85. The summed E-state index contributed by atoms with van der Waals surface area (Å²) in [7, 11) is 1.61. The molecule has 138 valence electrons. The van der Waals surface area contributed by atoms with Crippen LogP contribution in [-0.2, 0) is 19.5 Å². The van der Waals surface area contributed by atoms with Crippen LogP contribution in [0.5, 0.6) is 5.75 Å². The lowest BCUT2D eigenvalue weighted by Gasteiger charge is -2.28. The second-order valence-electron chi connectivity index (χ2n) is 6.47. The largest absolute Gasteiger partial charge is 0.495 e. The fourth-order valence-corrected chi connectivity index (χ4v) is 3.62. The molecule has 4 rings (SSSR count). The average molecular weight is 383 g/mol. The Bertz CT molecular complexity index is 1020. The normalized spacial score (nSPS) is 14.0.